The fourth-order valence-corrected chi connectivity index (χ4v) is 3.55. The fraction of sp³-hybridized carbons (Fsp3) is 0.286. The minimum absolute atomic E-state index is 0.0672. The van der Waals surface area contributed by atoms with Crippen molar-refractivity contribution >= 4 is 46.7 Å². The lowest BCUT2D eigenvalue weighted by Crippen LogP contribution is -2.30. The van der Waals surface area contributed by atoms with Crippen molar-refractivity contribution in [2.45, 2.75) is 19.4 Å². The molecule has 0 aliphatic carbocycles. The molecule has 2 amide bonds. The number of amides is 2. The monoisotopic (exact) mass is 434 g/mol. The van der Waals surface area contributed by atoms with E-state index in [4.69, 9.17) is 27.9 Å². The van der Waals surface area contributed by atoms with Gasteiger partial charge in [-0.15, -0.1) is 0 Å². The van der Waals surface area contributed by atoms with E-state index in [1.165, 1.54) is 6.07 Å². The topological polar surface area (TPSA) is 75.7 Å². The summed E-state index contributed by atoms with van der Waals surface area (Å²) in [6, 6.07) is 14.1. The van der Waals surface area contributed by atoms with E-state index in [9.17, 15) is 14.4 Å². The molecule has 6 nitrogen and oxygen atoms in total. The summed E-state index contributed by atoms with van der Waals surface area (Å²) in [6.07, 6.45) is 0.0672. The highest BCUT2D eigenvalue weighted by Gasteiger charge is 2.38. The third-order valence-electron chi connectivity index (χ3n) is 4.79. The van der Waals surface area contributed by atoms with E-state index in [2.05, 4.69) is 5.32 Å². The fourth-order valence-electron chi connectivity index (χ4n) is 3.21. The number of rotatable bonds is 6. The van der Waals surface area contributed by atoms with Crippen molar-refractivity contribution < 1.29 is 19.1 Å². The number of benzene rings is 2. The Morgan fingerprint density at radius 2 is 1.93 bits per heavy atom. The first-order chi connectivity index (χ1) is 13.8. The van der Waals surface area contributed by atoms with Gasteiger partial charge in [0.25, 0.3) is 5.91 Å². The summed E-state index contributed by atoms with van der Waals surface area (Å²) in [5.74, 6) is -1.83. The van der Waals surface area contributed by atoms with Crippen LogP contribution in [0.5, 0.6) is 0 Å². The molecule has 1 fully saturated rings. The van der Waals surface area contributed by atoms with E-state index in [0.717, 1.165) is 5.56 Å². The van der Waals surface area contributed by atoms with Gasteiger partial charge in [-0.05, 0) is 30.7 Å². The van der Waals surface area contributed by atoms with Gasteiger partial charge < -0.3 is 15.0 Å². The van der Waals surface area contributed by atoms with Crippen molar-refractivity contribution in [3.8, 4) is 0 Å². The molecular formula is C21H20Cl2N2O4. The Bertz CT molecular complexity index is 920. The van der Waals surface area contributed by atoms with Gasteiger partial charge in [-0.1, -0.05) is 53.5 Å². The van der Waals surface area contributed by atoms with Crippen molar-refractivity contribution in [1.29, 1.82) is 0 Å². The SMILES string of the molecule is C[C@H](c1ccccc1)N1C[C@H](C(=O)OCC(=O)Nc2cc(Cl)ccc2Cl)CC1=O. The molecule has 152 valence electrons. The Kier molecular flexibility index (Phi) is 6.77. The minimum atomic E-state index is -0.601. The molecule has 1 heterocycles. The lowest BCUT2D eigenvalue weighted by Gasteiger charge is -2.25. The number of nitrogens with zero attached hydrogens (tertiary/aromatic N) is 1. The van der Waals surface area contributed by atoms with Crippen LogP contribution in [-0.4, -0.2) is 35.8 Å². The van der Waals surface area contributed by atoms with E-state index >= 15 is 0 Å². The summed E-state index contributed by atoms with van der Waals surface area (Å²) < 4.78 is 5.11. The number of carbonyl (C=O) groups is 3. The zero-order valence-corrected chi connectivity index (χ0v) is 17.2. The molecule has 1 saturated heterocycles. The van der Waals surface area contributed by atoms with Gasteiger partial charge in [0.2, 0.25) is 5.91 Å². The lowest BCUT2D eigenvalue weighted by molar-refractivity contribution is -0.151. The molecule has 8 heteroatoms. The molecule has 0 radical (unpaired) electrons. The summed E-state index contributed by atoms with van der Waals surface area (Å²) in [7, 11) is 0. The first-order valence-corrected chi connectivity index (χ1v) is 9.86. The molecular weight excluding hydrogens is 415 g/mol. The number of esters is 1. The highest BCUT2D eigenvalue weighted by atomic mass is 35.5. The highest BCUT2D eigenvalue weighted by molar-refractivity contribution is 6.35. The molecule has 2 atom stereocenters. The zero-order valence-electron chi connectivity index (χ0n) is 15.7. The van der Waals surface area contributed by atoms with Crippen LogP contribution in [0.4, 0.5) is 5.69 Å². The van der Waals surface area contributed by atoms with Gasteiger partial charge in [0.05, 0.1) is 22.7 Å². The van der Waals surface area contributed by atoms with Crippen LogP contribution in [0.1, 0.15) is 24.9 Å². The van der Waals surface area contributed by atoms with Crippen LogP contribution >= 0.6 is 23.2 Å². The van der Waals surface area contributed by atoms with Gasteiger partial charge in [-0.25, -0.2) is 0 Å². The van der Waals surface area contributed by atoms with E-state index in [1.807, 2.05) is 37.3 Å². The average Bonchev–Trinajstić information content (AvgIpc) is 3.10. The van der Waals surface area contributed by atoms with E-state index in [0.29, 0.717) is 15.7 Å². The number of likely N-dealkylation sites (tertiary alicyclic amines) is 1. The Balaban J connectivity index is 1.53. The first kappa shape index (κ1) is 21.1. The second-order valence-electron chi connectivity index (χ2n) is 6.81. The third kappa shape index (κ3) is 5.28. The van der Waals surface area contributed by atoms with Gasteiger partial charge in [0.15, 0.2) is 6.61 Å². The number of ether oxygens (including phenoxy) is 1. The highest BCUT2D eigenvalue weighted by Crippen LogP contribution is 2.29. The van der Waals surface area contributed by atoms with Crippen LogP contribution in [0.15, 0.2) is 48.5 Å². The molecule has 0 bridgehead atoms. The largest absolute Gasteiger partial charge is 0.455 e. The Hall–Kier alpha value is -2.57. The Morgan fingerprint density at radius 1 is 1.21 bits per heavy atom. The summed E-state index contributed by atoms with van der Waals surface area (Å²) in [6.45, 7) is 1.71. The molecule has 0 aromatic heterocycles. The smallest absolute Gasteiger partial charge is 0.311 e. The third-order valence-corrected chi connectivity index (χ3v) is 5.35. The van der Waals surface area contributed by atoms with Crippen LogP contribution in [0.2, 0.25) is 10.0 Å². The molecule has 0 spiro atoms. The maximum absolute atomic E-state index is 12.4. The van der Waals surface area contributed by atoms with Crippen LogP contribution < -0.4 is 5.32 Å². The van der Waals surface area contributed by atoms with Gasteiger partial charge in [0.1, 0.15) is 0 Å². The van der Waals surface area contributed by atoms with E-state index < -0.39 is 24.4 Å². The molecule has 2 aromatic carbocycles. The maximum atomic E-state index is 12.4. The van der Waals surface area contributed by atoms with Gasteiger partial charge >= 0.3 is 5.97 Å². The molecule has 3 rings (SSSR count). The van der Waals surface area contributed by atoms with E-state index in [-0.39, 0.29) is 24.9 Å². The summed E-state index contributed by atoms with van der Waals surface area (Å²) in [5, 5.41) is 3.28. The Labute approximate surface area is 178 Å². The minimum Gasteiger partial charge on any atom is -0.455 e. The van der Waals surface area contributed by atoms with Crippen LogP contribution in [0.25, 0.3) is 0 Å². The molecule has 1 N–H and O–H groups in total. The van der Waals surface area contributed by atoms with Gasteiger partial charge in [-0.2, -0.15) is 0 Å². The molecule has 0 saturated carbocycles. The maximum Gasteiger partial charge on any atom is 0.311 e. The Morgan fingerprint density at radius 3 is 2.66 bits per heavy atom. The standard InChI is InChI=1S/C21H20Cl2N2O4/c1-13(14-5-3-2-4-6-14)25-11-15(9-20(25)27)21(28)29-12-19(26)24-18-10-16(22)7-8-17(18)23/h2-8,10,13,15H,9,11-12H2,1H3,(H,24,26)/t13-,15-/m1/s1. The average molecular weight is 435 g/mol. The van der Waals surface area contributed by atoms with Crippen LogP contribution in [-0.2, 0) is 19.1 Å². The normalized spacial score (nSPS) is 17.1. The van der Waals surface area contributed by atoms with Crippen molar-refractivity contribution in [3.63, 3.8) is 0 Å². The number of carbonyl (C=O) groups excluding carboxylic acids is 3. The van der Waals surface area contributed by atoms with Crippen molar-refractivity contribution in [2.75, 3.05) is 18.5 Å². The molecule has 0 unspecified atom stereocenters. The summed E-state index contributed by atoms with van der Waals surface area (Å²) in [5.41, 5.74) is 1.33. The predicted molar refractivity (Wildman–Crippen MR) is 111 cm³/mol. The van der Waals surface area contributed by atoms with Crippen molar-refractivity contribution in [1.82, 2.24) is 4.90 Å². The van der Waals surface area contributed by atoms with Gasteiger partial charge in [0, 0.05) is 18.0 Å². The number of hydrogen-bond acceptors (Lipinski definition) is 4. The quantitative estimate of drug-likeness (QED) is 0.694. The van der Waals surface area contributed by atoms with Gasteiger partial charge in [-0.3, -0.25) is 14.4 Å². The van der Waals surface area contributed by atoms with Crippen molar-refractivity contribution in [3.05, 3.63) is 64.1 Å². The predicted octanol–water partition coefficient (Wildman–Crippen LogP) is 4.08. The van der Waals surface area contributed by atoms with Crippen molar-refractivity contribution in [2.24, 2.45) is 5.92 Å². The molecule has 1 aliphatic heterocycles. The first-order valence-electron chi connectivity index (χ1n) is 9.11. The lowest BCUT2D eigenvalue weighted by atomic mass is 10.1. The molecule has 2 aromatic rings. The van der Waals surface area contributed by atoms with Crippen LogP contribution in [0.3, 0.4) is 0 Å². The van der Waals surface area contributed by atoms with Crippen LogP contribution in [0, 0.1) is 5.92 Å². The van der Waals surface area contributed by atoms with E-state index in [1.54, 1.807) is 17.0 Å². The number of anilines is 1. The summed E-state index contributed by atoms with van der Waals surface area (Å²) >= 11 is 11.9. The molecule has 29 heavy (non-hydrogen) atoms. The zero-order chi connectivity index (χ0) is 21.0. The molecule has 1 aliphatic rings. The second-order valence-corrected chi connectivity index (χ2v) is 7.66. The number of hydrogen-bond donors (Lipinski definition) is 1. The summed E-state index contributed by atoms with van der Waals surface area (Å²) in [4.78, 5) is 38.4. The number of halogens is 2. The number of nitrogens with one attached hydrogen (secondary N) is 1. The second kappa shape index (κ2) is 9.29.